The third kappa shape index (κ3) is 2.50. The Bertz CT molecular complexity index is 781. The average molecular weight is 374 g/mol. The Kier molecular flexibility index (Phi) is 3.84. The van der Waals surface area contributed by atoms with E-state index in [-0.39, 0.29) is 5.82 Å². The molecule has 3 aromatic rings. The fraction of sp³-hybridized carbons (Fsp3) is 0.214. The number of thiophene rings is 1. The predicted molar refractivity (Wildman–Crippen MR) is 85.1 cm³/mol. The van der Waals surface area contributed by atoms with E-state index in [0.717, 1.165) is 11.3 Å². The van der Waals surface area contributed by atoms with Crippen molar-refractivity contribution in [2.24, 2.45) is 0 Å². The highest BCUT2D eigenvalue weighted by atomic mass is 79.9. The number of imidazole rings is 1. The number of fused-ring (bicyclic) bond motifs is 1. The van der Waals surface area contributed by atoms with Crippen LogP contribution in [0, 0.1) is 12.7 Å². The highest BCUT2D eigenvalue weighted by Crippen LogP contribution is 2.27. The molecule has 2 heterocycles. The molecule has 6 heteroatoms. The molecule has 104 valence electrons. The molecular formula is C14H11BrClFN2S. The predicted octanol–water partition coefficient (Wildman–Crippen LogP) is 5.09. The molecule has 0 atom stereocenters. The number of benzene rings is 1. The maximum atomic E-state index is 13.6. The van der Waals surface area contributed by atoms with Gasteiger partial charge in [-0.15, -0.1) is 22.9 Å². The Morgan fingerprint density at radius 3 is 2.85 bits per heavy atom. The van der Waals surface area contributed by atoms with Gasteiger partial charge in [-0.25, -0.2) is 9.37 Å². The standard InChI is InChI=1S/C14H11BrClFN2S/c1-8-2-3-9(20-8)7-19-13-4-10(15)11(17)5-12(13)18-14(19)6-16/h2-5H,6-7H2,1H3. The molecule has 0 fully saturated rings. The first-order valence-corrected chi connectivity index (χ1v) is 8.18. The molecule has 0 N–H and O–H groups in total. The van der Waals surface area contributed by atoms with Crippen LogP contribution in [0.5, 0.6) is 0 Å². The van der Waals surface area contributed by atoms with Crippen molar-refractivity contribution in [3.63, 3.8) is 0 Å². The molecule has 0 unspecified atom stereocenters. The van der Waals surface area contributed by atoms with E-state index in [9.17, 15) is 4.39 Å². The largest absolute Gasteiger partial charge is 0.322 e. The van der Waals surface area contributed by atoms with Crippen LogP contribution in [0.4, 0.5) is 4.39 Å². The fourth-order valence-electron chi connectivity index (χ4n) is 2.17. The summed E-state index contributed by atoms with van der Waals surface area (Å²) in [7, 11) is 0. The number of alkyl halides is 1. The van der Waals surface area contributed by atoms with E-state index in [0.29, 0.717) is 22.4 Å². The quantitative estimate of drug-likeness (QED) is 0.584. The van der Waals surface area contributed by atoms with Crippen molar-refractivity contribution >= 4 is 49.9 Å². The highest BCUT2D eigenvalue weighted by molar-refractivity contribution is 9.10. The van der Waals surface area contributed by atoms with Crippen LogP contribution in [0.25, 0.3) is 11.0 Å². The lowest BCUT2D eigenvalue weighted by atomic mass is 10.3. The molecule has 3 rings (SSSR count). The maximum absolute atomic E-state index is 13.6. The minimum absolute atomic E-state index is 0.304. The first-order chi connectivity index (χ1) is 9.58. The molecular weight excluding hydrogens is 363 g/mol. The van der Waals surface area contributed by atoms with E-state index in [1.807, 2.05) is 4.57 Å². The number of hydrogen-bond donors (Lipinski definition) is 0. The van der Waals surface area contributed by atoms with Crippen LogP contribution in [0.2, 0.25) is 0 Å². The summed E-state index contributed by atoms with van der Waals surface area (Å²) < 4.78 is 16.1. The molecule has 0 saturated carbocycles. The number of aryl methyl sites for hydroxylation is 1. The molecule has 0 bridgehead atoms. The van der Waals surface area contributed by atoms with Gasteiger partial charge in [0.15, 0.2) is 0 Å². The van der Waals surface area contributed by atoms with Crippen molar-refractivity contribution < 1.29 is 4.39 Å². The van der Waals surface area contributed by atoms with Crippen LogP contribution in [0.1, 0.15) is 15.6 Å². The fourth-order valence-corrected chi connectivity index (χ4v) is 3.59. The van der Waals surface area contributed by atoms with Gasteiger partial charge in [0.1, 0.15) is 11.6 Å². The molecule has 0 aliphatic heterocycles. The normalized spacial score (nSPS) is 11.4. The molecule has 0 saturated heterocycles. The van der Waals surface area contributed by atoms with E-state index >= 15 is 0 Å². The van der Waals surface area contributed by atoms with Crippen LogP contribution in [0.3, 0.4) is 0 Å². The van der Waals surface area contributed by atoms with Crippen molar-refractivity contribution in [2.75, 3.05) is 0 Å². The zero-order chi connectivity index (χ0) is 14.3. The summed E-state index contributed by atoms with van der Waals surface area (Å²) >= 11 is 10.9. The summed E-state index contributed by atoms with van der Waals surface area (Å²) in [5, 5.41) is 0. The lowest BCUT2D eigenvalue weighted by molar-refractivity contribution is 0.622. The van der Waals surface area contributed by atoms with Gasteiger partial charge < -0.3 is 4.57 Å². The number of hydrogen-bond acceptors (Lipinski definition) is 2. The summed E-state index contributed by atoms with van der Waals surface area (Å²) in [6.07, 6.45) is 0. The van der Waals surface area contributed by atoms with E-state index in [1.165, 1.54) is 15.8 Å². The summed E-state index contributed by atoms with van der Waals surface area (Å²) in [5.74, 6) is 0.749. The van der Waals surface area contributed by atoms with Crippen molar-refractivity contribution in [1.82, 2.24) is 9.55 Å². The molecule has 0 aliphatic carbocycles. The van der Waals surface area contributed by atoms with Crippen molar-refractivity contribution in [1.29, 1.82) is 0 Å². The topological polar surface area (TPSA) is 17.8 Å². The van der Waals surface area contributed by atoms with Crippen LogP contribution < -0.4 is 0 Å². The Morgan fingerprint density at radius 1 is 1.40 bits per heavy atom. The minimum Gasteiger partial charge on any atom is -0.322 e. The van der Waals surface area contributed by atoms with Crippen LogP contribution >= 0.6 is 38.9 Å². The number of halogens is 3. The summed E-state index contributed by atoms with van der Waals surface area (Å²) in [6, 6.07) is 7.39. The molecule has 2 aromatic heterocycles. The van der Waals surface area contributed by atoms with Gasteiger partial charge in [0.25, 0.3) is 0 Å². The van der Waals surface area contributed by atoms with Gasteiger partial charge in [-0.3, -0.25) is 0 Å². The molecule has 0 radical (unpaired) electrons. The van der Waals surface area contributed by atoms with E-state index in [2.05, 4.69) is 40.0 Å². The zero-order valence-electron chi connectivity index (χ0n) is 10.7. The lowest BCUT2D eigenvalue weighted by Gasteiger charge is -2.06. The number of rotatable bonds is 3. The number of aromatic nitrogens is 2. The molecule has 1 aromatic carbocycles. The van der Waals surface area contributed by atoms with E-state index in [1.54, 1.807) is 17.4 Å². The first kappa shape index (κ1) is 14.0. The van der Waals surface area contributed by atoms with Gasteiger partial charge in [-0.05, 0) is 41.1 Å². The van der Waals surface area contributed by atoms with Gasteiger partial charge in [0, 0.05) is 15.8 Å². The second-order valence-corrected chi connectivity index (χ2v) is 7.01. The smallest absolute Gasteiger partial charge is 0.139 e. The molecule has 0 aliphatic rings. The second kappa shape index (κ2) is 5.47. The van der Waals surface area contributed by atoms with Crippen LogP contribution in [0.15, 0.2) is 28.7 Å². The van der Waals surface area contributed by atoms with Gasteiger partial charge in [-0.1, -0.05) is 0 Å². The monoisotopic (exact) mass is 372 g/mol. The second-order valence-electron chi connectivity index (χ2n) is 4.52. The Hall–Kier alpha value is -0.910. The Labute approximate surface area is 133 Å². The van der Waals surface area contributed by atoms with Crippen molar-refractivity contribution in [2.45, 2.75) is 19.3 Å². The van der Waals surface area contributed by atoms with Gasteiger partial charge >= 0.3 is 0 Å². The van der Waals surface area contributed by atoms with Crippen LogP contribution in [-0.4, -0.2) is 9.55 Å². The van der Waals surface area contributed by atoms with Crippen LogP contribution in [-0.2, 0) is 12.4 Å². The SMILES string of the molecule is Cc1ccc(Cn2c(CCl)nc3cc(F)c(Br)cc32)s1. The van der Waals surface area contributed by atoms with E-state index < -0.39 is 0 Å². The first-order valence-electron chi connectivity index (χ1n) is 6.04. The summed E-state index contributed by atoms with van der Waals surface area (Å²) in [4.78, 5) is 6.91. The minimum atomic E-state index is -0.310. The zero-order valence-corrected chi connectivity index (χ0v) is 13.8. The highest BCUT2D eigenvalue weighted by Gasteiger charge is 2.13. The average Bonchev–Trinajstić information content (AvgIpc) is 2.96. The van der Waals surface area contributed by atoms with Gasteiger partial charge in [0.2, 0.25) is 0 Å². The molecule has 0 spiro atoms. The third-order valence-corrected chi connectivity index (χ3v) is 4.93. The Balaban J connectivity index is 2.14. The molecule has 20 heavy (non-hydrogen) atoms. The summed E-state index contributed by atoms with van der Waals surface area (Å²) in [5.41, 5.74) is 1.52. The van der Waals surface area contributed by atoms with Gasteiger partial charge in [-0.2, -0.15) is 0 Å². The van der Waals surface area contributed by atoms with Gasteiger partial charge in [0.05, 0.1) is 27.9 Å². The Morgan fingerprint density at radius 2 is 2.20 bits per heavy atom. The number of nitrogens with zero attached hydrogens (tertiary/aromatic N) is 2. The third-order valence-electron chi connectivity index (χ3n) is 3.10. The molecule has 0 amide bonds. The maximum Gasteiger partial charge on any atom is 0.139 e. The summed E-state index contributed by atoms with van der Waals surface area (Å²) in [6.45, 7) is 2.78. The van der Waals surface area contributed by atoms with E-state index in [4.69, 9.17) is 11.6 Å². The lowest BCUT2D eigenvalue weighted by Crippen LogP contribution is -2.02. The van der Waals surface area contributed by atoms with Crippen molar-refractivity contribution in [3.8, 4) is 0 Å². The molecule has 2 nitrogen and oxygen atoms in total. The van der Waals surface area contributed by atoms with Crippen molar-refractivity contribution in [3.05, 3.63) is 50.1 Å².